The van der Waals surface area contributed by atoms with Gasteiger partial charge in [-0.1, -0.05) is 31.9 Å². The number of aliphatic hydroxyl groups is 2. The number of carbonyl (C=O) groups is 3. The molecule has 1 aromatic rings. The molecule has 2 fully saturated rings. The van der Waals surface area contributed by atoms with Crippen LogP contribution in [-0.4, -0.2) is 32.7 Å². The number of carbonyl (C=O) groups excluding carboxylic acids is 3. The number of ketones is 3. The Labute approximate surface area is 186 Å². The summed E-state index contributed by atoms with van der Waals surface area (Å²) in [5.41, 5.74) is 1.64. The van der Waals surface area contributed by atoms with Gasteiger partial charge in [0.15, 0.2) is 17.3 Å². The standard InChI is InChI=1S/C26H28O6/c1-12(27)18-17(28)11-15-10-14-9-13-5-6-16(26(2)7-3-4-8-26)22(29)19(13)24(31)20(14)25(32)21(15)23(18)30/h5-6,14-15,21,29-31H,3-4,7-11H2,1-2H3. The summed E-state index contributed by atoms with van der Waals surface area (Å²) in [6.07, 6.45) is 5.07. The van der Waals surface area contributed by atoms with E-state index in [0.29, 0.717) is 18.4 Å². The van der Waals surface area contributed by atoms with E-state index in [1.165, 1.54) is 6.92 Å². The third-order valence-corrected chi connectivity index (χ3v) is 8.22. The van der Waals surface area contributed by atoms with Crippen LogP contribution >= 0.6 is 0 Å². The molecular formula is C26H28O6. The lowest BCUT2D eigenvalue weighted by molar-refractivity contribution is -0.127. The summed E-state index contributed by atoms with van der Waals surface area (Å²) in [6.45, 7) is 3.33. The molecule has 168 valence electrons. The van der Waals surface area contributed by atoms with Gasteiger partial charge in [0.05, 0.1) is 17.1 Å². The van der Waals surface area contributed by atoms with Gasteiger partial charge in [0.1, 0.15) is 17.3 Å². The van der Waals surface area contributed by atoms with Crippen molar-refractivity contribution in [2.45, 2.75) is 64.2 Å². The van der Waals surface area contributed by atoms with E-state index >= 15 is 0 Å². The monoisotopic (exact) mass is 436 g/mol. The van der Waals surface area contributed by atoms with E-state index in [4.69, 9.17) is 0 Å². The summed E-state index contributed by atoms with van der Waals surface area (Å²) >= 11 is 0. The highest BCUT2D eigenvalue weighted by Crippen LogP contribution is 2.52. The molecule has 0 radical (unpaired) electrons. The number of rotatable bonds is 2. The van der Waals surface area contributed by atoms with Gasteiger partial charge in [0.2, 0.25) is 0 Å². The molecule has 4 aliphatic carbocycles. The van der Waals surface area contributed by atoms with E-state index < -0.39 is 34.9 Å². The molecule has 4 aliphatic rings. The van der Waals surface area contributed by atoms with E-state index in [1.54, 1.807) is 0 Å². The molecule has 2 saturated carbocycles. The van der Waals surface area contributed by atoms with Crippen molar-refractivity contribution in [2.75, 3.05) is 0 Å². The molecule has 3 N–H and O–H groups in total. The largest absolute Gasteiger partial charge is 0.511 e. The Morgan fingerprint density at radius 2 is 1.75 bits per heavy atom. The first-order valence-electron chi connectivity index (χ1n) is 11.4. The summed E-state index contributed by atoms with van der Waals surface area (Å²) in [5.74, 6) is -3.78. The minimum Gasteiger partial charge on any atom is -0.511 e. The van der Waals surface area contributed by atoms with Crippen LogP contribution in [0.3, 0.4) is 0 Å². The number of phenolic OH excluding ortho intramolecular Hbond substituents is 1. The van der Waals surface area contributed by atoms with Crippen LogP contribution in [0.1, 0.15) is 69.1 Å². The lowest BCUT2D eigenvalue weighted by atomic mass is 9.61. The lowest BCUT2D eigenvalue weighted by Crippen LogP contribution is -2.43. The molecular weight excluding hydrogens is 408 g/mol. The summed E-state index contributed by atoms with van der Waals surface area (Å²) in [4.78, 5) is 37.8. The Hall–Kier alpha value is -2.89. The molecule has 0 heterocycles. The zero-order valence-corrected chi connectivity index (χ0v) is 18.4. The van der Waals surface area contributed by atoms with Crippen molar-refractivity contribution >= 4 is 23.1 Å². The topological polar surface area (TPSA) is 112 Å². The van der Waals surface area contributed by atoms with Crippen molar-refractivity contribution in [3.05, 3.63) is 45.7 Å². The molecule has 0 saturated heterocycles. The van der Waals surface area contributed by atoms with Gasteiger partial charge in [-0.3, -0.25) is 14.4 Å². The first kappa shape index (κ1) is 21.0. The summed E-state index contributed by atoms with van der Waals surface area (Å²) in [5, 5.41) is 33.1. The van der Waals surface area contributed by atoms with E-state index in [2.05, 4.69) is 6.92 Å². The Kier molecular flexibility index (Phi) is 4.63. The average molecular weight is 437 g/mol. The van der Waals surface area contributed by atoms with Crippen molar-refractivity contribution in [2.24, 2.45) is 17.8 Å². The lowest BCUT2D eigenvalue weighted by Gasteiger charge is -2.41. The predicted molar refractivity (Wildman–Crippen MR) is 117 cm³/mol. The third-order valence-electron chi connectivity index (χ3n) is 8.22. The van der Waals surface area contributed by atoms with Crippen LogP contribution in [0.15, 0.2) is 29.0 Å². The zero-order chi connectivity index (χ0) is 22.9. The highest BCUT2D eigenvalue weighted by molar-refractivity contribution is 6.21. The third kappa shape index (κ3) is 2.81. The fraction of sp³-hybridized carbons (Fsp3) is 0.500. The molecule has 0 aliphatic heterocycles. The summed E-state index contributed by atoms with van der Waals surface area (Å²) in [6, 6.07) is 3.89. The Balaban J connectivity index is 1.63. The molecule has 5 rings (SSSR count). The maximum Gasteiger partial charge on any atom is 0.173 e. The smallest absolute Gasteiger partial charge is 0.173 e. The minimum absolute atomic E-state index is 0.0354. The molecule has 0 bridgehead atoms. The number of allylic oxidation sites excluding steroid dienone is 3. The van der Waals surface area contributed by atoms with Crippen LogP contribution < -0.4 is 0 Å². The Morgan fingerprint density at radius 1 is 1.06 bits per heavy atom. The van der Waals surface area contributed by atoms with Gasteiger partial charge in [-0.25, -0.2) is 0 Å². The van der Waals surface area contributed by atoms with Crippen molar-refractivity contribution in [1.82, 2.24) is 0 Å². The van der Waals surface area contributed by atoms with Crippen molar-refractivity contribution in [3.63, 3.8) is 0 Å². The van der Waals surface area contributed by atoms with Gasteiger partial charge < -0.3 is 15.3 Å². The molecule has 3 unspecified atom stereocenters. The second-order valence-electron chi connectivity index (χ2n) is 10.2. The average Bonchev–Trinajstić information content (AvgIpc) is 3.14. The maximum absolute atomic E-state index is 13.5. The SMILES string of the molecule is CC(=O)C1=C(O)C2C(=O)C3=C(O)c4c(ccc(C5(C)CCCC5)c4O)CC3CC2CC1=O. The quantitative estimate of drug-likeness (QED) is 0.598. The molecule has 0 aromatic heterocycles. The van der Waals surface area contributed by atoms with Crippen LogP contribution in [-0.2, 0) is 26.2 Å². The van der Waals surface area contributed by atoms with Gasteiger partial charge in [0.25, 0.3) is 0 Å². The molecule has 0 amide bonds. The van der Waals surface area contributed by atoms with E-state index in [1.807, 2.05) is 12.1 Å². The fourth-order valence-electron chi connectivity index (χ4n) is 6.64. The highest BCUT2D eigenvalue weighted by atomic mass is 16.3. The van der Waals surface area contributed by atoms with Gasteiger partial charge >= 0.3 is 0 Å². The molecule has 3 atom stereocenters. The Bertz CT molecular complexity index is 1130. The number of aromatic hydroxyl groups is 1. The first-order chi connectivity index (χ1) is 15.1. The fourth-order valence-corrected chi connectivity index (χ4v) is 6.64. The number of aliphatic hydroxyl groups excluding tert-OH is 2. The molecule has 6 nitrogen and oxygen atoms in total. The summed E-state index contributed by atoms with van der Waals surface area (Å²) < 4.78 is 0. The minimum atomic E-state index is -1.00. The van der Waals surface area contributed by atoms with Crippen LogP contribution in [0.4, 0.5) is 0 Å². The maximum atomic E-state index is 13.5. The number of fused-ring (bicyclic) bond motifs is 3. The number of hydrogen-bond donors (Lipinski definition) is 3. The van der Waals surface area contributed by atoms with Gasteiger partial charge in [-0.15, -0.1) is 0 Å². The Morgan fingerprint density at radius 3 is 2.41 bits per heavy atom. The van der Waals surface area contributed by atoms with Crippen LogP contribution in [0.5, 0.6) is 5.75 Å². The van der Waals surface area contributed by atoms with Gasteiger partial charge in [-0.2, -0.15) is 0 Å². The van der Waals surface area contributed by atoms with Crippen molar-refractivity contribution < 1.29 is 29.7 Å². The number of benzene rings is 1. The van der Waals surface area contributed by atoms with Crippen LogP contribution in [0.2, 0.25) is 0 Å². The molecule has 6 heteroatoms. The molecule has 1 aromatic carbocycles. The second-order valence-corrected chi connectivity index (χ2v) is 10.2. The normalized spacial score (nSPS) is 29.0. The van der Waals surface area contributed by atoms with Gasteiger partial charge in [-0.05, 0) is 55.4 Å². The van der Waals surface area contributed by atoms with Crippen LogP contribution in [0, 0.1) is 17.8 Å². The van der Waals surface area contributed by atoms with E-state index in [0.717, 1.165) is 36.8 Å². The molecule has 32 heavy (non-hydrogen) atoms. The van der Waals surface area contributed by atoms with E-state index in [9.17, 15) is 29.7 Å². The predicted octanol–water partition coefficient (Wildman–Crippen LogP) is 4.24. The number of Topliss-reactive ketones (excluding diaryl/α,β-unsaturated/α-hetero) is 3. The van der Waals surface area contributed by atoms with Gasteiger partial charge in [0, 0.05) is 17.6 Å². The second kappa shape index (κ2) is 7.06. The zero-order valence-electron chi connectivity index (χ0n) is 18.4. The summed E-state index contributed by atoms with van der Waals surface area (Å²) in [7, 11) is 0. The van der Waals surface area contributed by atoms with E-state index in [-0.39, 0.29) is 40.4 Å². The highest BCUT2D eigenvalue weighted by Gasteiger charge is 2.50. The van der Waals surface area contributed by atoms with Crippen molar-refractivity contribution in [3.8, 4) is 5.75 Å². The van der Waals surface area contributed by atoms with Crippen LogP contribution in [0.25, 0.3) is 5.76 Å². The number of phenols is 1. The first-order valence-corrected chi connectivity index (χ1v) is 11.4. The number of hydrogen-bond acceptors (Lipinski definition) is 6. The van der Waals surface area contributed by atoms with Crippen molar-refractivity contribution in [1.29, 1.82) is 0 Å². The molecule has 0 spiro atoms.